The monoisotopic (exact) mass is 533 g/mol. The van der Waals surface area contributed by atoms with Crippen molar-refractivity contribution in [1.29, 1.82) is 0 Å². The van der Waals surface area contributed by atoms with Crippen LogP contribution in [0.25, 0.3) is 0 Å². The lowest BCUT2D eigenvalue weighted by Gasteiger charge is -2.32. The van der Waals surface area contributed by atoms with E-state index in [9.17, 15) is 14.0 Å². The molecule has 34 heavy (non-hydrogen) atoms. The number of ether oxygens (including phenoxy) is 1. The lowest BCUT2D eigenvalue weighted by atomic mass is 9.98. The lowest BCUT2D eigenvalue weighted by molar-refractivity contribution is -0.120. The van der Waals surface area contributed by atoms with E-state index in [1.807, 2.05) is 58.9 Å². The number of nitrogens with zero attached hydrogens (tertiary/aromatic N) is 2. The van der Waals surface area contributed by atoms with E-state index in [0.29, 0.717) is 18.7 Å². The molecule has 1 N–H and O–H groups in total. The Bertz CT molecular complexity index is 1010. The van der Waals surface area contributed by atoms with Gasteiger partial charge in [0.15, 0.2) is 0 Å². The minimum absolute atomic E-state index is 0.0577. The SMILES string of the molecule is CC[C@H](C)[C@@H](CN(C(=O)C1CC1c1cccc(F)n1)c1ccc(Br)cc1)NC(=O)OC(C)(C)C. The van der Waals surface area contributed by atoms with E-state index in [4.69, 9.17) is 4.74 Å². The van der Waals surface area contributed by atoms with E-state index >= 15 is 0 Å². The molecule has 8 heteroatoms. The molecule has 1 fully saturated rings. The molecule has 0 bridgehead atoms. The molecule has 1 heterocycles. The molecular weight excluding hydrogens is 501 g/mol. The summed E-state index contributed by atoms with van der Waals surface area (Å²) in [6.07, 6.45) is 0.937. The molecule has 1 aliphatic carbocycles. The van der Waals surface area contributed by atoms with Gasteiger partial charge in [-0.15, -0.1) is 0 Å². The van der Waals surface area contributed by atoms with E-state index in [1.165, 1.54) is 6.07 Å². The minimum atomic E-state index is -0.621. The van der Waals surface area contributed by atoms with Gasteiger partial charge in [-0.1, -0.05) is 42.3 Å². The molecule has 1 aromatic heterocycles. The topological polar surface area (TPSA) is 71.5 Å². The third kappa shape index (κ3) is 7.01. The molecule has 2 aromatic rings. The zero-order valence-corrected chi connectivity index (χ0v) is 21.9. The molecule has 2 unspecified atom stereocenters. The van der Waals surface area contributed by atoms with Crippen molar-refractivity contribution < 1.29 is 18.7 Å². The predicted octanol–water partition coefficient (Wildman–Crippen LogP) is 6.06. The van der Waals surface area contributed by atoms with Gasteiger partial charge in [-0.2, -0.15) is 4.39 Å². The Balaban J connectivity index is 1.83. The third-order valence-electron chi connectivity index (χ3n) is 6.04. The van der Waals surface area contributed by atoms with Crippen LogP contribution in [0.4, 0.5) is 14.9 Å². The molecule has 1 aliphatic rings. The smallest absolute Gasteiger partial charge is 0.407 e. The number of hydrogen-bond acceptors (Lipinski definition) is 4. The highest BCUT2D eigenvalue weighted by Crippen LogP contribution is 2.48. The molecule has 0 spiro atoms. The van der Waals surface area contributed by atoms with Crippen molar-refractivity contribution in [3.05, 3.63) is 58.6 Å². The Labute approximate surface area is 209 Å². The lowest BCUT2D eigenvalue weighted by Crippen LogP contribution is -2.50. The number of hydrogen-bond donors (Lipinski definition) is 1. The average Bonchev–Trinajstić information content (AvgIpc) is 3.56. The first-order valence-corrected chi connectivity index (χ1v) is 12.5. The van der Waals surface area contributed by atoms with Gasteiger partial charge in [0.2, 0.25) is 11.9 Å². The second kappa shape index (κ2) is 10.8. The summed E-state index contributed by atoms with van der Waals surface area (Å²) in [7, 11) is 0. The van der Waals surface area contributed by atoms with Crippen LogP contribution in [-0.2, 0) is 9.53 Å². The number of alkyl carbamates (subject to hydrolysis) is 1. The summed E-state index contributed by atoms with van der Waals surface area (Å²) in [5.41, 5.74) is 0.717. The van der Waals surface area contributed by atoms with Gasteiger partial charge in [0.05, 0.1) is 6.04 Å². The highest BCUT2D eigenvalue weighted by molar-refractivity contribution is 9.10. The third-order valence-corrected chi connectivity index (χ3v) is 6.57. The minimum Gasteiger partial charge on any atom is -0.444 e. The Hall–Kier alpha value is -2.48. The van der Waals surface area contributed by atoms with Crippen molar-refractivity contribution in [1.82, 2.24) is 10.3 Å². The van der Waals surface area contributed by atoms with Gasteiger partial charge < -0.3 is 15.0 Å². The van der Waals surface area contributed by atoms with Gasteiger partial charge in [-0.25, -0.2) is 9.78 Å². The summed E-state index contributed by atoms with van der Waals surface area (Å²) >= 11 is 3.44. The average molecular weight is 534 g/mol. The van der Waals surface area contributed by atoms with Crippen LogP contribution in [0.1, 0.15) is 59.1 Å². The fourth-order valence-corrected chi connectivity index (χ4v) is 4.14. The zero-order chi connectivity index (χ0) is 25.0. The highest BCUT2D eigenvalue weighted by Gasteiger charge is 2.47. The van der Waals surface area contributed by atoms with Crippen molar-refractivity contribution in [3.63, 3.8) is 0 Å². The van der Waals surface area contributed by atoms with E-state index in [1.54, 1.807) is 17.0 Å². The Morgan fingerprint density at radius 2 is 1.91 bits per heavy atom. The summed E-state index contributed by atoms with van der Waals surface area (Å²) in [4.78, 5) is 31.9. The summed E-state index contributed by atoms with van der Waals surface area (Å²) in [5, 5.41) is 2.97. The molecule has 1 aromatic carbocycles. The first-order valence-electron chi connectivity index (χ1n) is 11.7. The van der Waals surface area contributed by atoms with Gasteiger partial charge in [-0.05, 0) is 69.5 Å². The van der Waals surface area contributed by atoms with Crippen LogP contribution in [0.2, 0.25) is 0 Å². The molecule has 0 saturated heterocycles. The number of nitrogens with one attached hydrogen (secondary N) is 1. The summed E-state index contributed by atoms with van der Waals surface area (Å²) in [6.45, 7) is 9.84. The van der Waals surface area contributed by atoms with Crippen LogP contribution in [0.5, 0.6) is 0 Å². The predicted molar refractivity (Wildman–Crippen MR) is 134 cm³/mol. The number of benzene rings is 1. The standard InChI is InChI=1S/C26H33BrFN3O3/c1-6-16(2)22(30-25(33)34-26(3,4)5)15-31(18-12-10-17(27)11-13-18)24(32)20-14-19(20)21-8-7-9-23(28)29-21/h7-13,16,19-20,22H,6,14-15H2,1-5H3,(H,30,33)/t16-,19?,20?,22+/m0/s1. The number of amides is 2. The largest absolute Gasteiger partial charge is 0.444 e. The molecule has 1 saturated carbocycles. The van der Waals surface area contributed by atoms with Gasteiger partial charge >= 0.3 is 6.09 Å². The summed E-state index contributed by atoms with van der Waals surface area (Å²) < 4.78 is 20.0. The maximum absolute atomic E-state index is 13.7. The Kier molecular flexibility index (Phi) is 8.34. The Morgan fingerprint density at radius 1 is 1.24 bits per heavy atom. The van der Waals surface area contributed by atoms with Crippen molar-refractivity contribution >= 4 is 33.6 Å². The van der Waals surface area contributed by atoms with Crippen molar-refractivity contribution in [2.24, 2.45) is 11.8 Å². The highest BCUT2D eigenvalue weighted by atomic mass is 79.9. The van der Waals surface area contributed by atoms with Crippen LogP contribution in [0, 0.1) is 17.8 Å². The van der Waals surface area contributed by atoms with Crippen LogP contribution < -0.4 is 10.2 Å². The van der Waals surface area contributed by atoms with E-state index in [0.717, 1.165) is 16.6 Å². The van der Waals surface area contributed by atoms with Crippen LogP contribution >= 0.6 is 15.9 Å². The maximum atomic E-state index is 13.7. The van der Waals surface area contributed by atoms with Crippen molar-refractivity contribution in [3.8, 4) is 0 Å². The molecule has 3 rings (SSSR count). The van der Waals surface area contributed by atoms with E-state index in [2.05, 4.69) is 26.2 Å². The molecule has 0 aliphatic heterocycles. The normalized spacial score (nSPS) is 19.1. The molecule has 4 atom stereocenters. The number of carbonyl (C=O) groups is 2. The molecule has 6 nitrogen and oxygen atoms in total. The fraction of sp³-hybridized carbons (Fsp3) is 0.500. The summed E-state index contributed by atoms with van der Waals surface area (Å²) in [6, 6.07) is 11.9. The van der Waals surface area contributed by atoms with Crippen molar-refractivity contribution in [2.75, 3.05) is 11.4 Å². The Morgan fingerprint density at radius 3 is 2.50 bits per heavy atom. The first-order chi connectivity index (χ1) is 16.0. The molecule has 0 radical (unpaired) electrons. The van der Waals surface area contributed by atoms with Crippen LogP contribution in [0.3, 0.4) is 0 Å². The van der Waals surface area contributed by atoms with Gasteiger partial charge in [0, 0.05) is 34.2 Å². The molecule has 184 valence electrons. The zero-order valence-electron chi connectivity index (χ0n) is 20.3. The number of pyridine rings is 1. The van der Waals surface area contributed by atoms with Gasteiger partial charge in [0.1, 0.15) is 5.60 Å². The fourth-order valence-electron chi connectivity index (χ4n) is 3.88. The maximum Gasteiger partial charge on any atom is 0.407 e. The van der Waals surface area contributed by atoms with E-state index in [-0.39, 0.29) is 29.7 Å². The van der Waals surface area contributed by atoms with Crippen LogP contribution in [0.15, 0.2) is 46.9 Å². The number of halogens is 2. The van der Waals surface area contributed by atoms with Gasteiger partial charge in [-0.3, -0.25) is 4.79 Å². The number of rotatable bonds is 8. The second-order valence-electron chi connectivity index (χ2n) is 9.90. The molecule has 2 amide bonds. The second-order valence-corrected chi connectivity index (χ2v) is 10.8. The van der Waals surface area contributed by atoms with Crippen LogP contribution in [-0.4, -0.2) is 35.2 Å². The summed E-state index contributed by atoms with van der Waals surface area (Å²) in [5.74, 6) is -0.881. The van der Waals surface area contributed by atoms with Crippen molar-refractivity contribution in [2.45, 2.75) is 65.0 Å². The number of anilines is 1. The first kappa shape index (κ1) is 26.1. The number of carbonyl (C=O) groups excluding carboxylic acids is 2. The van der Waals surface area contributed by atoms with E-state index < -0.39 is 17.6 Å². The molecular formula is C26H33BrFN3O3. The number of aromatic nitrogens is 1. The van der Waals surface area contributed by atoms with Gasteiger partial charge in [0.25, 0.3) is 0 Å². The quantitative estimate of drug-likeness (QED) is 0.418.